The minimum absolute atomic E-state index is 0.143. The Bertz CT molecular complexity index is 1060. The average molecular weight is 399 g/mol. The standard InChI is InChI=1S/C21H23ClN4O2/c1-4-26(12-19-23-18-10-6-5-8-15(18)21(28)25-19)14(3)20(27)24-17-11-7-9-16(22)13(17)2/h5-11,14H,4,12H2,1-3H3,(H,24,27)(H,23,25,28). The predicted molar refractivity (Wildman–Crippen MR) is 113 cm³/mol. The first-order valence-electron chi connectivity index (χ1n) is 9.18. The van der Waals surface area contributed by atoms with E-state index in [0.717, 1.165) is 5.56 Å². The number of rotatable bonds is 6. The summed E-state index contributed by atoms with van der Waals surface area (Å²) >= 11 is 6.13. The number of carbonyl (C=O) groups excluding carboxylic acids is 1. The van der Waals surface area contributed by atoms with Gasteiger partial charge < -0.3 is 10.3 Å². The van der Waals surface area contributed by atoms with Gasteiger partial charge in [0.1, 0.15) is 5.82 Å². The summed E-state index contributed by atoms with van der Waals surface area (Å²) in [5, 5.41) is 4.09. The normalized spacial score (nSPS) is 12.3. The highest BCUT2D eigenvalue weighted by atomic mass is 35.5. The zero-order valence-corrected chi connectivity index (χ0v) is 16.9. The van der Waals surface area contributed by atoms with E-state index in [9.17, 15) is 9.59 Å². The van der Waals surface area contributed by atoms with Crippen molar-refractivity contribution in [3.05, 3.63) is 69.2 Å². The lowest BCUT2D eigenvalue weighted by atomic mass is 10.2. The molecule has 0 aliphatic carbocycles. The number of hydrogen-bond acceptors (Lipinski definition) is 4. The first kappa shape index (κ1) is 20.0. The fraction of sp³-hybridized carbons (Fsp3) is 0.286. The monoisotopic (exact) mass is 398 g/mol. The van der Waals surface area contributed by atoms with Gasteiger partial charge in [0, 0.05) is 10.7 Å². The number of aromatic nitrogens is 2. The van der Waals surface area contributed by atoms with Gasteiger partial charge in [-0.3, -0.25) is 14.5 Å². The van der Waals surface area contributed by atoms with Gasteiger partial charge in [-0.15, -0.1) is 0 Å². The highest BCUT2D eigenvalue weighted by Gasteiger charge is 2.22. The molecule has 3 rings (SSSR count). The third-order valence-electron chi connectivity index (χ3n) is 4.87. The Hall–Kier alpha value is -2.70. The van der Waals surface area contributed by atoms with Crippen LogP contribution in [-0.4, -0.2) is 33.4 Å². The minimum atomic E-state index is -0.417. The Morgan fingerprint density at radius 2 is 2.00 bits per heavy atom. The summed E-state index contributed by atoms with van der Waals surface area (Å²) in [6, 6.07) is 12.2. The molecular formula is C21H23ClN4O2. The molecule has 3 aromatic rings. The minimum Gasteiger partial charge on any atom is -0.324 e. The zero-order valence-electron chi connectivity index (χ0n) is 16.1. The molecule has 2 aromatic carbocycles. The summed E-state index contributed by atoms with van der Waals surface area (Å²) in [7, 11) is 0. The zero-order chi connectivity index (χ0) is 20.3. The molecule has 1 atom stereocenters. The van der Waals surface area contributed by atoms with E-state index < -0.39 is 6.04 Å². The number of para-hydroxylation sites is 1. The number of carbonyl (C=O) groups is 1. The molecule has 0 saturated carbocycles. The van der Waals surface area contributed by atoms with Crippen LogP contribution in [0.3, 0.4) is 0 Å². The van der Waals surface area contributed by atoms with Crippen LogP contribution < -0.4 is 10.9 Å². The molecule has 1 aromatic heterocycles. The molecule has 0 bridgehead atoms. The van der Waals surface area contributed by atoms with Gasteiger partial charge in [0.25, 0.3) is 5.56 Å². The first-order valence-corrected chi connectivity index (χ1v) is 9.56. The molecule has 6 nitrogen and oxygen atoms in total. The van der Waals surface area contributed by atoms with Crippen molar-refractivity contribution in [2.75, 3.05) is 11.9 Å². The number of anilines is 1. The summed E-state index contributed by atoms with van der Waals surface area (Å²) < 4.78 is 0. The van der Waals surface area contributed by atoms with Crippen molar-refractivity contribution in [3.63, 3.8) is 0 Å². The molecule has 146 valence electrons. The molecule has 0 aliphatic heterocycles. The number of nitrogens with zero attached hydrogens (tertiary/aromatic N) is 2. The highest BCUT2D eigenvalue weighted by Crippen LogP contribution is 2.23. The SMILES string of the molecule is CCN(Cc1nc2ccccc2c(=O)[nH]1)C(C)C(=O)Nc1cccc(Cl)c1C. The number of amides is 1. The van der Waals surface area contributed by atoms with E-state index in [2.05, 4.69) is 15.3 Å². The maximum Gasteiger partial charge on any atom is 0.258 e. The van der Waals surface area contributed by atoms with Crippen molar-refractivity contribution in [3.8, 4) is 0 Å². The molecule has 1 amide bonds. The van der Waals surface area contributed by atoms with Crippen molar-refractivity contribution in [2.24, 2.45) is 0 Å². The number of likely N-dealkylation sites (N-methyl/N-ethyl adjacent to an activating group) is 1. The molecule has 1 unspecified atom stereocenters. The molecule has 0 fully saturated rings. The van der Waals surface area contributed by atoms with Crippen molar-refractivity contribution in [2.45, 2.75) is 33.4 Å². The molecule has 2 N–H and O–H groups in total. The Kier molecular flexibility index (Phi) is 6.11. The summed E-state index contributed by atoms with van der Waals surface area (Å²) in [5.41, 5.74) is 1.98. The van der Waals surface area contributed by atoms with E-state index in [1.54, 1.807) is 18.2 Å². The van der Waals surface area contributed by atoms with E-state index in [1.165, 1.54) is 0 Å². The number of halogens is 1. The van der Waals surface area contributed by atoms with E-state index in [1.807, 2.05) is 49.9 Å². The van der Waals surface area contributed by atoms with Crippen molar-refractivity contribution < 1.29 is 4.79 Å². The van der Waals surface area contributed by atoms with Crippen LogP contribution in [0.25, 0.3) is 10.9 Å². The van der Waals surface area contributed by atoms with Crippen LogP contribution in [0.4, 0.5) is 5.69 Å². The van der Waals surface area contributed by atoms with E-state index in [4.69, 9.17) is 11.6 Å². The van der Waals surface area contributed by atoms with Crippen molar-refractivity contribution in [1.29, 1.82) is 0 Å². The summed E-state index contributed by atoms with van der Waals surface area (Å²) in [6.07, 6.45) is 0. The lowest BCUT2D eigenvalue weighted by Gasteiger charge is -2.26. The molecular weight excluding hydrogens is 376 g/mol. The third-order valence-corrected chi connectivity index (χ3v) is 5.28. The maximum absolute atomic E-state index is 12.8. The molecule has 0 aliphatic rings. The van der Waals surface area contributed by atoms with Gasteiger partial charge in [-0.05, 0) is 50.2 Å². The van der Waals surface area contributed by atoms with Gasteiger partial charge in [0.2, 0.25) is 5.91 Å². The summed E-state index contributed by atoms with van der Waals surface area (Å²) in [6.45, 7) is 6.65. The maximum atomic E-state index is 12.8. The molecule has 0 saturated heterocycles. The topological polar surface area (TPSA) is 78.1 Å². The van der Waals surface area contributed by atoms with Crippen LogP contribution >= 0.6 is 11.6 Å². The van der Waals surface area contributed by atoms with E-state index in [0.29, 0.717) is 40.5 Å². The second-order valence-corrected chi connectivity index (χ2v) is 7.08. The van der Waals surface area contributed by atoms with Crippen LogP contribution in [0.15, 0.2) is 47.3 Å². The molecule has 7 heteroatoms. The van der Waals surface area contributed by atoms with Crippen molar-refractivity contribution in [1.82, 2.24) is 14.9 Å². The molecule has 0 spiro atoms. The number of nitrogens with one attached hydrogen (secondary N) is 2. The number of H-pyrrole nitrogens is 1. The largest absolute Gasteiger partial charge is 0.324 e. The third kappa shape index (κ3) is 4.24. The Morgan fingerprint density at radius 3 is 2.75 bits per heavy atom. The molecule has 28 heavy (non-hydrogen) atoms. The van der Waals surface area contributed by atoms with Gasteiger partial charge in [-0.25, -0.2) is 4.98 Å². The van der Waals surface area contributed by atoms with Gasteiger partial charge in [0.15, 0.2) is 0 Å². The van der Waals surface area contributed by atoms with E-state index in [-0.39, 0.29) is 11.5 Å². The highest BCUT2D eigenvalue weighted by molar-refractivity contribution is 6.31. The van der Waals surface area contributed by atoms with Gasteiger partial charge in [-0.1, -0.05) is 36.7 Å². The van der Waals surface area contributed by atoms with Gasteiger partial charge >= 0.3 is 0 Å². The smallest absolute Gasteiger partial charge is 0.258 e. The average Bonchev–Trinajstić information content (AvgIpc) is 2.69. The van der Waals surface area contributed by atoms with Crippen LogP contribution in [0.1, 0.15) is 25.2 Å². The van der Waals surface area contributed by atoms with E-state index >= 15 is 0 Å². The number of hydrogen-bond donors (Lipinski definition) is 2. The van der Waals surface area contributed by atoms with Crippen LogP contribution in [-0.2, 0) is 11.3 Å². The fourth-order valence-electron chi connectivity index (χ4n) is 3.07. The van der Waals surface area contributed by atoms with Crippen LogP contribution in [0.5, 0.6) is 0 Å². The second-order valence-electron chi connectivity index (χ2n) is 6.67. The summed E-state index contributed by atoms with van der Waals surface area (Å²) in [4.78, 5) is 34.3. The lowest BCUT2D eigenvalue weighted by Crippen LogP contribution is -2.42. The predicted octanol–water partition coefficient (Wildman–Crippen LogP) is 3.73. The van der Waals surface area contributed by atoms with Crippen LogP contribution in [0, 0.1) is 6.92 Å². The summed E-state index contributed by atoms with van der Waals surface area (Å²) in [5.74, 6) is 0.388. The number of aromatic amines is 1. The first-order chi connectivity index (χ1) is 13.4. The lowest BCUT2D eigenvalue weighted by molar-refractivity contribution is -0.120. The van der Waals surface area contributed by atoms with Crippen molar-refractivity contribution >= 4 is 34.1 Å². The van der Waals surface area contributed by atoms with Gasteiger partial charge in [0.05, 0.1) is 23.5 Å². The number of benzene rings is 2. The Morgan fingerprint density at radius 1 is 1.25 bits per heavy atom. The molecule has 1 heterocycles. The Balaban J connectivity index is 1.78. The second kappa shape index (κ2) is 8.54. The van der Waals surface area contributed by atoms with Crippen LogP contribution in [0.2, 0.25) is 5.02 Å². The quantitative estimate of drug-likeness (QED) is 0.663. The Labute approximate surface area is 168 Å². The van der Waals surface area contributed by atoms with Gasteiger partial charge in [-0.2, -0.15) is 0 Å². The molecule has 0 radical (unpaired) electrons. The fourth-order valence-corrected chi connectivity index (χ4v) is 3.25. The number of fused-ring (bicyclic) bond motifs is 1.